The van der Waals surface area contributed by atoms with Gasteiger partial charge in [-0.25, -0.2) is 4.98 Å². The summed E-state index contributed by atoms with van der Waals surface area (Å²) in [5.74, 6) is 0. The van der Waals surface area contributed by atoms with E-state index >= 15 is 0 Å². The lowest BCUT2D eigenvalue weighted by molar-refractivity contribution is 0.620. The minimum Gasteiger partial charge on any atom is -0.390 e. The van der Waals surface area contributed by atoms with Crippen molar-refractivity contribution in [3.05, 3.63) is 11.9 Å². The Bertz CT molecular complexity index is 439. The number of imidazole rings is 1. The van der Waals surface area contributed by atoms with Crippen molar-refractivity contribution < 1.29 is 0 Å². The molecule has 0 amide bonds. The number of fused-ring (bicyclic) bond motifs is 1. The Hall–Kier alpha value is -1.03. The van der Waals surface area contributed by atoms with Gasteiger partial charge in [-0.1, -0.05) is 11.3 Å². The number of aromatic nitrogens is 2. The normalized spacial score (nSPS) is 11.7. The lowest BCUT2D eigenvalue weighted by Crippen LogP contribution is -1.96. The predicted molar refractivity (Wildman–Crippen MR) is 57.1 cm³/mol. The fourth-order valence-electron chi connectivity index (χ4n) is 1.37. The highest BCUT2D eigenvalue weighted by molar-refractivity contribution is 7.22. The second kappa shape index (κ2) is 2.73. The summed E-state index contributed by atoms with van der Waals surface area (Å²) in [5, 5.41) is 0.882. The van der Waals surface area contributed by atoms with Crippen molar-refractivity contribution in [2.24, 2.45) is 0 Å². The zero-order valence-corrected chi connectivity index (χ0v) is 8.85. The van der Waals surface area contributed by atoms with Gasteiger partial charge in [-0.2, -0.15) is 0 Å². The van der Waals surface area contributed by atoms with E-state index in [0.717, 1.165) is 16.1 Å². The van der Waals surface area contributed by atoms with Crippen LogP contribution in [0.3, 0.4) is 0 Å². The Kier molecular flexibility index (Phi) is 1.80. The van der Waals surface area contributed by atoms with Gasteiger partial charge in [0.15, 0.2) is 0 Å². The first-order chi connectivity index (χ1) is 6.11. The van der Waals surface area contributed by atoms with Gasteiger partial charge in [0, 0.05) is 11.6 Å². The SMILES string of the molecule is Cc1c(N)sc2c1ncn2C(C)C. The number of hydrogen-bond acceptors (Lipinski definition) is 3. The molecule has 0 aliphatic rings. The largest absolute Gasteiger partial charge is 0.390 e. The maximum absolute atomic E-state index is 5.83. The van der Waals surface area contributed by atoms with Crippen molar-refractivity contribution in [1.82, 2.24) is 9.55 Å². The first-order valence-electron chi connectivity index (χ1n) is 4.32. The number of nitrogen functional groups attached to an aromatic ring is 1. The van der Waals surface area contributed by atoms with Crippen molar-refractivity contribution in [2.45, 2.75) is 26.8 Å². The molecule has 0 aliphatic carbocycles. The number of nitrogens with two attached hydrogens (primary N) is 1. The van der Waals surface area contributed by atoms with Crippen LogP contribution in [0.2, 0.25) is 0 Å². The van der Waals surface area contributed by atoms with E-state index in [2.05, 4.69) is 23.4 Å². The number of hydrogen-bond donors (Lipinski definition) is 1. The number of anilines is 1. The number of nitrogens with zero attached hydrogens (tertiary/aromatic N) is 2. The van der Waals surface area contributed by atoms with Gasteiger partial charge in [0.05, 0.1) is 11.3 Å². The third-order valence-corrected chi connectivity index (χ3v) is 3.36. The molecule has 0 saturated carbocycles. The summed E-state index contributed by atoms with van der Waals surface area (Å²) < 4.78 is 2.16. The van der Waals surface area contributed by atoms with Gasteiger partial charge >= 0.3 is 0 Å². The van der Waals surface area contributed by atoms with Crippen molar-refractivity contribution in [1.29, 1.82) is 0 Å². The van der Waals surface area contributed by atoms with E-state index in [1.54, 1.807) is 11.3 Å². The molecule has 0 unspecified atom stereocenters. The third kappa shape index (κ3) is 1.13. The van der Waals surface area contributed by atoms with Crippen LogP contribution in [-0.4, -0.2) is 9.55 Å². The minimum absolute atomic E-state index is 0.447. The zero-order valence-electron chi connectivity index (χ0n) is 8.03. The van der Waals surface area contributed by atoms with E-state index in [1.165, 1.54) is 4.83 Å². The number of aryl methyl sites for hydroxylation is 1. The van der Waals surface area contributed by atoms with Crippen LogP contribution in [0.15, 0.2) is 6.33 Å². The van der Waals surface area contributed by atoms with Crippen LogP contribution in [0.25, 0.3) is 10.3 Å². The molecule has 2 aromatic heterocycles. The molecule has 2 rings (SSSR count). The summed E-state index contributed by atoms with van der Waals surface area (Å²) in [5.41, 5.74) is 7.99. The number of rotatable bonds is 1. The summed E-state index contributed by atoms with van der Waals surface area (Å²) in [6, 6.07) is 0.447. The molecule has 13 heavy (non-hydrogen) atoms. The van der Waals surface area contributed by atoms with Crippen molar-refractivity contribution in [2.75, 3.05) is 5.73 Å². The Morgan fingerprint density at radius 3 is 2.85 bits per heavy atom. The average Bonchev–Trinajstić information content (AvgIpc) is 2.55. The fraction of sp³-hybridized carbons (Fsp3) is 0.444. The van der Waals surface area contributed by atoms with Gasteiger partial charge < -0.3 is 10.3 Å². The van der Waals surface area contributed by atoms with Crippen LogP contribution < -0.4 is 5.73 Å². The first kappa shape index (κ1) is 8.56. The second-order valence-electron chi connectivity index (χ2n) is 3.49. The van der Waals surface area contributed by atoms with Crippen molar-refractivity contribution in [3.8, 4) is 0 Å². The zero-order chi connectivity index (χ0) is 9.59. The van der Waals surface area contributed by atoms with Gasteiger partial charge in [0.25, 0.3) is 0 Å². The lowest BCUT2D eigenvalue weighted by atomic mass is 10.3. The van der Waals surface area contributed by atoms with Crippen LogP contribution in [0.4, 0.5) is 5.00 Å². The Balaban J connectivity index is 2.74. The molecule has 70 valence electrons. The van der Waals surface area contributed by atoms with Gasteiger partial charge in [0.2, 0.25) is 0 Å². The summed E-state index contributed by atoms with van der Waals surface area (Å²) in [6.45, 7) is 6.31. The molecular weight excluding hydrogens is 182 g/mol. The standard InChI is InChI=1S/C9H13N3S/c1-5(2)12-4-11-7-6(3)8(10)13-9(7)12/h4-5H,10H2,1-3H3. The van der Waals surface area contributed by atoms with E-state index in [0.29, 0.717) is 6.04 Å². The fourth-order valence-corrected chi connectivity index (χ4v) is 2.50. The Morgan fingerprint density at radius 2 is 2.23 bits per heavy atom. The molecular formula is C9H13N3S. The van der Waals surface area contributed by atoms with E-state index in [9.17, 15) is 0 Å². The lowest BCUT2D eigenvalue weighted by Gasteiger charge is -2.04. The maximum Gasteiger partial charge on any atom is 0.125 e. The molecule has 3 nitrogen and oxygen atoms in total. The quantitative estimate of drug-likeness (QED) is 0.760. The van der Waals surface area contributed by atoms with Crippen LogP contribution in [0.1, 0.15) is 25.5 Å². The highest BCUT2D eigenvalue weighted by Crippen LogP contribution is 2.33. The monoisotopic (exact) mass is 195 g/mol. The van der Waals surface area contributed by atoms with E-state index in [4.69, 9.17) is 5.73 Å². The molecule has 2 aromatic rings. The molecule has 0 radical (unpaired) electrons. The average molecular weight is 195 g/mol. The van der Waals surface area contributed by atoms with Crippen molar-refractivity contribution >= 4 is 26.7 Å². The molecule has 0 atom stereocenters. The Labute approximate surface area is 81.2 Å². The van der Waals surface area contributed by atoms with Gasteiger partial charge in [0.1, 0.15) is 10.3 Å². The van der Waals surface area contributed by atoms with Crippen LogP contribution in [0, 0.1) is 6.92 Å². The van der Waals surface area contributed by atoms with Crippen LogP contribution >= 0.6 is 11.3 Å². The molecule has 2 heterocycles. The van der Waals surface area contributed by atoms with Gasteiger partial charge in [-0.15, -0.1) is 0 Å². The van der Waals surface area contributed by atoms with Crippen LogP contribution in [-0.2, 0) is 0 Å². The summed E-state index contributed by atoms with van der Waals surface area (Å²) in [4.78, 5) is 5.54. The van der Waals surface area contributed by atoms with Gasteiger partial charge in [-0.05, 0) is 20.8 Å². The molecule has 0 aromatic carbocycles. The molecule has 0 spiro atoms. The summed E-state index contributed by atoms with van der Waals surface area (Å²) >= 11 is 1.62. The summed E-state index contributed by atoms with van der Waals surface area (Å²) in [7, 11) is 0. The second-order valence-corrected chi connectivity index (χ2v) is 4.52. The third-order valence-electron chi connectivity index (χ3n) is 2.24. The minimum atomic E-state index is 0.447. The molecule has 0 saturated heterocycles. The Morgan fingerprint density at radius 1 is 1.54 bits per heavy atom. The topological polar surface area (TPSA) is 43.8 Å². The highest BCUT2D eigenvalue weighted by Gasteiger charge is 2.12. The van der Waals surface area contributed by atoms with Crippen molar-refractivity contribution in [3.63, 3.8) is 0 Å². The molecule has 2 N–H and O–H groups in total. The van der Waals surface area contributed by atoms with E-state index < -0.39 is 0 Å². The summed E-state index contributed by atoms with van der Waals surface area (Å²) in [6.07, 6.45) is 1.89. The van der Waals surface area contributed by atoms with Crippen LogP contribution in [0.5, 0.6) is 0 Å². The molecule has 0 aliphatic heterocycles. The van der Waals surface area contributed by atoms with E-state index in [1.807, 2.05) is 13.3 Å². The molecule has 0 bridgehead atoms. The predicted octanol–water partition coefficient (Wildman–Crippen LogP) is 2.57. The number of thiophene rings is 1. The molecule has 4 heteroatoms. The smallest absolute Gasteiger partial charge is 0.125 e. The highest BCUT2D eigenvalue weighted by atomic mass is 32.1. The van der Waals surface area contributed by atoms with E-state index in [-0.39, 0.29) is 0 Å². The maximum atomic E-state index is 5.83. The molecule has 0 fully saturated rings. The van der Waals surface area contributed by atoms with Gasteiger partial charge in [-0.3, -0.25) is 0 Å². The first-order valence-corrected chi connectivity index (χ1v) is 5.14.